The third kappa shape index (κ3) is 2.08. The molecule has 1 unspecified atom stereocenters. The van der Waals surface area contributed by atoms with E-state index in [-0.39, 0.29) is 16.3 Å². The highest BCUT2D eigenvalue weighted by Gasteiger charge is 2.21. The molecular formula is C8H8ClF2NO. The Labute approximate surface area is 78.9 Å². The molecule has 1 atom stereocenters. The second-order valence-corrected chi connectivity index (χ2v) is 2.95. The van der Waals surface area contributed by atoms with E-state index in [9.17, 15) is 13.9 Å². The van der Waals surface area contributed by atoms with Crippen LogP contribution in [-0.2, 0) is 0 Å². The van der Waals surface area contributed by atoms with Crippen LogP contribution in [0.15, 0.2) is 18.2 Å². The molecule has 0 saturated carbocycles. The SMILES string of the molecule is NC(c1cccc(Cl)c1O)C(F)F. The van der Waals surface area contributed by atoms with Gasteiger partial charge in [-0.2, -0.15) is 0 Å². The number of benzene rings is 1. The molecule has 5 heteroatoms. The maximum absolute atomic E-state index is 12.1. The molecule has 1 aromatic rings. The van der Waals surface area contributed by atoms with Crippen molar-refractivity contribution in [2.45, 2.75) is 12.5 Å². The molecule has 1 aromatic carbocycles. The molecule has 0 aliphatic rings. The van der Waals surface area contributed by atoms with E-state index >= 15 is 0 Å². The largest absolute Gasteiger partial charge is 0.506 e. The molecule has 0 amide bonds. The van der Waals surface area contributed by atoms with Crippen LogP contribution in [0.2, 0.25) is 5.02 Å². The Morgan fingerprint density at radius 2 is 2.00 bits per heavy atom. The molecule has 0 aliphatic carbocycles. The van der Waals surface area contributed by atoms with Crippen molar-refractivity contribution >= 4 is 11.6 Å². The quantitative estimate of drug-likeness (QED) is 0.782. The zero-order chi connectivity index (χ0) is 10.0. The van der Waals surface area contributed by atoms with Crippen LogP contribution in [0.4, 0.5) is 8.78 Å². The lowest BCUT2D eigenvalue weighted by Crippen LogP contribution is -2.18. The standard InChI is InChI=1S/C8H8ClF2NO/c9-5-3-1-2-4(7(5)13)6(12)8(10)11/h1-3,6,8,13H,12H2. The minimum atomic E-state index is -2.72. The molecule has 0 fully saturated rings. The van der Waals surface area contributed by atoms with E-state index in [1.54, 1.807) is 0 Å². The van der Waals surface area contributed by atoms with Crippen LogP contribution in [0.25, 0.3) is 0 Å². The first-order valence-electron chi connectivity index (χ1n) is 3.55. The van der Waals surface area contributed by atoms with Gasteiger partial charge in [0.2, 0.25) is 0 Å². The van der Waals surface area contributed by atoms with E-state index < -0.39 is 12.5 Å². The summed E-state index contributed by atoms with van der Waals surface area (Å²) in [5.74, 6) is -0.378. The minimum absolute atomic E-state index is 0.0219. The summed E-state index contributed by atoms with van der Waals surface area (Å²) in [6.45, 7) is 0. The average Bonchev–Trinajstić information content (AvgIpc) is 2.08. The third-order valence-corrected chi connectivity index (χ3v) is 1.95. The van der Waals surface area contributed by atoms with Gasteiger partial charge in [-0.3, -0.25) is 0 Å². The van der Waals surface area contributed by atoms with Gasteiger partial charge in [0.15, 0.2) is 0 Å². The van der Waals surface area contributed by atoms with E-state index in [0.717, 1.165) is 0 Å². The molecule has 13 heavy (non-hydrogen) atoms. The highest BCUT2D eigenvalue weighted by atomic mass is 35.5. The van der Waals surface area contributed by atoms with E-state index in [2.05, 4.69) is 0 Å². The van der Waals surface area contributed by atoms with Crippen LogP contribution in [0.3, 0.4) is 0 Å². The van der Waals surface area contributed by atoms with Crippen molar-refractivity contribution < 1.29 is 13.9 Å². The van der Waals surface area contributed by atoms with Crippen molar-refractivity contribution in [2.75, 3.05) is 0 Å². The van der Waals surface area contributed by atoms with Gasteiger partial charge >= 0.3 is 0 Å². The van der Waals surface area contributed by atoms with Crippen molar-refractivity contribution in [1.82, 2.24) is 0 Å². The van der Waals surface area contributed by atoms with Gasteiger partial charge in [0.05, 0.1) is 11.1 Å². The van der Waals surface area contributed by atoms with Crippen LogP contribution in [-0.4, -0.2) is 11.5 Å². The molecule has 0 spiro atoms. The lowest BCUT2D eigenvalue weighted by Gasteiger charge is -2.12. The molecule has 0 saturated heterocycles. The molecule has 0 aromatic heterocycles. The second-order valence-electron chi connectivity index (χ2n) is 2.54. The summed E-state index contributed by atoms with van der Waals surface area (Å²) in [6.07, 6.45) is -2.72. The first-order chi connectivity index (χ1) is 6.04. The fraction of sp³-hybridized carbons (Fsp3) is 0.250. The summed E-state index contributed by atoms with van der Waals surface area (Å²) in [6, 6.07) is 2.68. The maximum atomic E-state index is 12.1. The van der Waals surface area contributed by atoms with E-state index in [4.69, 9.17) is 17.3 Å². The van der Waals surface area contributed by atoms with Gasteiger partial charge in [0.25, 0.3) is 6.43 Å². The molecule has 3 N–H and O–H groups in total. The van der Waals surface area contributed by atoms with Crippen molar-refractivity contribution in [2.24, 2.45) is 5.73 Å². The van der Waals surface area contributed by atoms with Gasteiger partial charge in [0, 0.05) is 5.56 Å². The number of hydrogen-bond donors (Lipinski definition) is 2. The van der Waals surface area contributed by atoms with E-state index in [0.29, 0.717) is 0 Å². The zero-order valence-corrected chi connectivity index (χ0v) is 7.30. The van der Waals surface area contributed by atoms with Crippen molar-refractivity contribution in [3.05, 3.63) is 28.8 Å². The monoisotopic (exact) mass is 207 g/mol. The Morgan fingerprint density at radius 1 is 1.38 bits per heavy atom. The van der Waals surface area contributed by atoms with Crippen LogP contribution in [0, 0.1) is 0 Å². The number of hydrogen-bond acceptors (Lipinski definition) is 2. The molecule has 1 rings (SSSR count). The van der Waals surface area contributed by atoms with E-state index in [1.165, 1.54) is 18.2 Å². The summed E-state index contributed by atoms with van der Waals surface area (Å²) in [4.78, 5) is 0. The topological polar surface area (TPSA) is 46.2 Å². The fourth-order valence-electron chi connectivity index (χ4n) is 0.937. The first kappa shape index (κ1) is 10.2. The molecule has 72 valence electrons. The van der Waals surface area contributed by atoms with Gasteiger partial charge in [-0.15, -0.1) is 0 Å². The van der Waals surface area contributed by atoms with Crippen molar-refractivity contribution in [1.29, 1.82) is 0 Å². The first-order valence-corrected chi connectivity index (χ1v) is 3.93. The van der Waals surface area contributed by atoms with Gasteiger partial charge in [-0.25, -0.2) is 8.78 Å². The highest BCUT2D eigenvalue weighted by molar-refractivity contribution is 6.32. The van der Waals surface area contributed by atoms with Crippen molar-refractivity contribution in [3.8, 4) is 5.75 Å². The lowest BCUT2D eigenvalue weighted by atomic mass is 10.1. The number of nitrogens with two attached hydrogens (primary N) is 1. The molecule has 0 heterocycles. The number of halogens is 3. The average molecular weight is 208 g/mol. The molecular weight excluding hydrogens is 200 g/mol. The number of phenols is 1. The van der Waals surface area contributed by atoms with Crippen LogP contribution in [0.5, 0.6) is 5.75 Å². The van der Waals surface area contributed by atoms with Gasteiger partial charge < -0.3 is 10.8 Å². The highest BCUT2D eigenvalue weighted by Crippen LogP contribution is 2.32. The second kappa shape index (κ2) is 3.89. The predicted octanol–water partition coefficient (Wildman–Crippen LogP) is 2.31. The van der Waals surface area contributed by atoms with Crippen molar-refractivity contribution in [3.63, 3.8) is 0 Å². The lowest BCUT2D eigenvalue weighted by molar-refractivity contribution is 0.115. The smallest absolute Gasteiger partial charge is 0.257 e. The van der Waals surface area contributed by atoms with Crippen LogP contribution >= 0.6 is 11.6 Å². The summed E-state index contributed by atoms with van der Waals surface area (Å²) < 4.78 is 24.3. The Morgan fingerprint density at radius 3 is 2.54 bits per heavy atom. The number of rotatable bonds is 2. The zero-order valence-electron chi connectivity index (χ0n) is 6.55. The summed E-state index contributed by atoms with van der Waals surface area (Å²) in [7, 11) is 0. The van der Waals surface area contributed by atoms with E-state index in [1.807, 2.05) is 0 Å². The Kier molecular flexibility index (Phi) is 3.06. The molecule has 0 radical (unpaired) electrons. The molecule has 2 nitrogen and oxygen atoms in total. The number of phenolic OH excluding ortho intramolecular Hbond substituents is 1. The molecule has 0 bridgehead atoms. The third-order valence-electron chi connectivity index (χ3n) is 1.65. The Bertz CT molecular complexity index is 306. The van der Waals surface area contributed by atoms with Gasteiger partial charge in [-0.05, 0) is 6.07 Å². The summed E-state index contributed by atoms with van der Waals surface area (Å²) in [5, 5.41) is 9.29. The fourth-order valence-corrected chi connectivity index (χ4v) is 1.12. The number of alkyl halides is 2. The number of para-hydroxylation sites is 1. The Hall–Kier alpha value is -0.870. The summed E-state index contributed by atoms with van der Waals surface area (Å²) >= 11 is 5.51. The van der Waals surface area contributed by atoms with Crippen LogP contribution in [0.1, 0.15) is 11.6 Å². The minimum Gasteiger partial charge on any atom is -0.506 e. The summed E-state index contributed by atoms with van der Waals surface area (Å²) in [5.41, 5.74) is 5.10. The normalized spacial score (nSPS) is 13.3. The van der Waals surface area contributed by atoms with Crippen LogP contribution < -0.4 is 5.73 Å². The molecule has 0 aliphatic heterocycles. The van der Waals surface area contributed by atoms with Gasteiger partial charge in [0.1, 0.15) is 5.75 Å². The predicted molar refractivity (Wildman–Crippen MR) is 46.0 cm³/mol. The number of aromatic hydroxyl groups is 1. The maximum Gasteiger partial charge on any atom is 0.257 e. The Balaban J connectivity index is 3.07. The van der Waals surface area contributed by atoms with Gasteiger partial charge in [-0.1, -0.05) is 23.7 Å².